The van der Waals surface area contributed by atoms with Crippen molar-refractivity contribution in [1.82, 2.24) is 5.32 Å². The largest absolute Gasteiger partial charge is 0.377 e. The van der Waals surface area contributed by atoms with Gasteiger partial charge in [-0.2, -0.15) is 0 Å². The Kier molecular flexibility index (Phi) is 5.01. The molecule has 2 atom stereocenters. The van der Waals surface area contributed by atoms with Gasteiger partial charge >= 0.3 is 0 Å². The number of nitrogens with one attached hydrogen (secondary N) is 1. The van der Waals surface area contributed by atoms with Crippen molar-refractivity contribution in [3.8, 4) is 0 Å². The number of methoxy groups -OCH3 is 2. The molecule has 0 fully saturated rings. The second-order valence-corrected chi connectivity index (χ2v) is 5.07. The van der Waals surface area contributed by atoms with Crippen LogP contribution in [0.4, 0.5) is 0 Å². The van der Waals surface area contributed by atoms with Crippen molar-refractivity contribution in [2.45, 2.75) is 50.7 Å². The Morgan fingerprint density at radius 2 is 1.82 bits per heavy atom. The third kappa shape index (κ3) is 3.09. The van der Waals surface area contributed by atoms with Crippen LogP contribution in [0.15, 0.2) is 11.1 Å². The molecule has 0 aromatic heterocycles. The molecule has 0 radical (unpaired) electrons. The smallest absolute Gasteiger partial charge is 0.106 e. The standard InChI is InChI=1S/C14H25NO2/c1-16-13-10-15-9-8-11-6-4-3-5-7-12(11)14(13)17-2/h13-15H,3-10H2,1-2H3/t13-,14-/m0/s1. The lowest BCUT2D eigenvalue weighted by atomic mass is 9.91. The van der Waals surface area contributed by atoms with Crippen LogP contribution in [0.3, 0.4) is 0 Å². The van der Waals surface area contributed by atoms with Gasteiger partial charge in [0.15, 0.2) is 0 Å². The Morgan fingerprint density at radius 3 is 2.59 bits per heavy atom. The normalized spacial score (nSPS) is 31.4. The Morgan fingerprint density at radius 1 is 1.00 bits per heavy atom. The minimum absolute atomic E-state index is 0.154. The van der Waals surface area contributed by atoms with E-state index in [1.165, 1.54) is 38.5 Å². The van der Waals surface area contributed by atoms with Crippen molar-refractivity contribution in [2.24, 2.45) is 0 Å². The van der Waals surface area contributed by atoms with Crippen LogP contribution in [0.2, 0.25) is 0 Å². The number of hydrogen-bond donors (Lipinski definition) is 1. The van der Waals surface area contributed by atoms with E-state index in [9.17, 15) is 0 Å². The molecule has 0 aromatic rings. The van der Waals surface area contributed by atoms with Gasteiger partial charge in [0.1, 0.15) is 6.10 Å². The first-order chi connectivity index (χ1) is 8.36. The molecule has 0 saturated heterocycles. The van der Waals surface area contributed by atoms with E-state index in [0.29, 0.717) is 0 Å². The van der Waals surface area contributed by atoms with E-state index >= 15 is 0 Å². The Bertz CT molecular complexity index is 275. The molecular weight excluding hydrogens is 214 g/mol. The number of rotatable bonds is 2. The van der Waals surface area contributed by atoms with E-state index < -0.39 is 0 Å². The van der Waals surface area contributed by atoms with Crippen molar-refractivity contribution < 1.29 is 9.47 Å². The maximum atomic E-state index is 5.73. The summed E-state index contributed by atoms with van der Waals surface area (Å²) in [5.41, 5.74) is 3.17. The monoisotopic (exact) mass is 239 g/mol. The molecule has 0 amide bonds. The first kappa shape index (κ1) is 13.1. The van der Waals surface area contributed by atoms with Crippen LogP contribution in [-0.2, 0) is 9.47 Å². The van der Waals surface area contributed by atoms with Crippen molar-refractivity contribution in [2.75, 3.05) is 27.3 Å². The minimum atomic E-state index is 0.154. The lowest BCUT2D eigenvalue weighted by Crippen LogP contribution is -2.42. The zero-order valence-corrected chi connectivity index (χ0v) is 11.1. The topological polar surface area (TPSA) is 30.5 Å². The van der Waals surface area contributed by atoms with Crippen molar-refractivity contribution in [1.29, 1.82) is 0 Å². The highest BCUT2D eigenvalue weighted by molar-refractivity contribution is 5.22. The summed E-state index contributed by atoms with van der Waals surface area (Å²) >= 11 is 0. The van der Waals surface area contributed by atoms with E-state index in [1.54, 1.807) is 18.3 Å². The highest BCUT2D eigenvalue weighted by atomic mass is 16.5. The van der Waals surface area contributed by atoms with Gasteiger partial charge in [0.05, 0.1) is 6.10 Å². The average molecular weight is 239 g/mol. The molecule has 0 aromatic carbocycles. The minimum Gasteiger partial charge on any atom is -0.377 e. The molecule has 1 aliphatic heterocycles. The van der Waals surface area contributed by atoms with E-state index in [0.717, 1.165) is 13.1 Å². The highest BCUT2D eigenvalue weighted by Gasteiger charge is 2.29. The summed E-state index contributed by atoms with van der Waals surface area (Å²) in [5.74, 6) is 0. The highest BCUT2D eigenvalue weighted by Crippen LogP contribution is 2.31. The molecule has 0 saturated carbocycles. The first-order valence-electron chi connectivity index (χ1n) is 6.84. The predicted molar refractivity (Wildman–Crippen MR) is 69.2 cm³/mol. The van der Waals surface area contributed by atoms with Gasteiger partial charge < -0.3 is 14.8 Å². The zero-order valence-electron chi connectivity index (χ0n) is 11.1. The maximum absolute atomic E-state index is 5.73. The summed E-state index contributed by atoms with van der Waals surface area (Å²) in [6.45, 7) is 1.97. The fourth-order valence-electron chi connectivity index (χ4n) is 3.11. The summed E-state index contributed by atoms with van der Waals surface area (Å²) in [6.07, 6.45) is 7.96. The number of ether oxygens (including phenoxy) is 2. The van der Waals surface area contributed by atoms with Gasteiger partial charge in [0.2, 0.25) is 0 Å². The molecule has 3 nitrogen and oxygen atoms in total. The van der Waals surface area contributed by atoms with Gasteiger partial charge in [-0.25, -0.2) is 0 Å². The van der Waals surface area contributed by atoms with E-state index in [-0.39, 0.29) is 12.2 Å². The average Bonchev–Trinajstić information content (AvgIpc) is 2.55. The van der Waals surface area contributed by atoms with Gasteiger partial charge in [0.25, 0.3) is 0 Å². The van der Waals surface area contributed by atoms with Crippen LogP contribution < -0.4 is 5.32 Å². The Hall–Kier alpha value is -0.380. The molecule has 1 heterocycles. The summed E-state index contributed by atoms with van der Waals surface area (Å²) < 4.78 is 11.3. The molecule has 17 heavy (non-hydrogen) atoms. The summed E-state index contributed by atoms with van der Waals surface area (Å²) in [6, 6.07) is 0. The quantitative estimate of drug-likeness (QED) is 0.750. The van der Waals surface area contributed by atoms with Crippen molar-refractivity contribution in [3.63, 3.8) is 0 Å². The zero-order chi connectivity index (χ0) is 12.1. The van der Waals surface area contributed by atoms with E-state index in [1.807, 2.05) is 7.11 Å². The fourth-order valence-corrected chi connectivity index (χ4v) is 3.11. The molecule has 0 bridgehead atoms. The van der Waals surface area contributed by atoms with Gasteiger partial charge in [-0.1, -0.05) is 12.0 Å². The van der Waals surface area contributed by atoms with E-state index in [4.69, 9.17) is 9.47 Å². The third-order valence-electron chi connectivity index (χ3n) is 4.07. The molecule has 3 heteroatoms. The molecule has 0 spiro atoms. The third-order valence-corrected chi connectivity index (χ3v) is 4.07. The van der Waals surface area contributed by atoms with Crippen LogP contribution in [0.5, 0.6) is 0 Å². The van der Waals surface area contributed by atoms with Crippen LogP contribution in [-0.4, -0.2) is 39.5 Å². The van der Waals surface area contributed by atoms with Crippen molar-refractivity contribution >= 4 is 0 Å². The van der Waals surface area contributed by atoms with Gasteiger partial charge in [-0.15, -0.1) is 0 Å². The molecule has 0 unspecified atom stereocenters. The molecule has 1 aliphatic carbocycles. The summed E-state index contributed by atoms with van der Waals surface area (Å²) in [4.78, 5) is 0. The molecule has 98 valence electrons. The molecule has 2 rings (SSSR count). The second kappa shape index (κ2) is 6.53. The maximum Gasteiger partial charge on any atom is 0.106 e. The number of hydrogen-bond acceptors (Lipinski definition) is 3. The fraction of sp³-hybridized carbons (Fsp3) is 0.857. The van der Waals surface area contributed by atoms with Crippen LogP contribution in [0, 0.1) is 0 Å². The first-order valence-corrected chi connectivity index (χ1v) is 6.84. The lowest BCUT2D eigenvalue weighted by Gasteiger charge is -2.31. The predicted octanol–water partition coefficient (Wildman–Crippen LogP) is 2.27. The summed E-state index contributed by atoms with van der Waals surface area (Å²) in [5, 5.41) is 3.47. The SMILES string of the molecule is CO[C@H]1CNCCC2=C(CCCCC2)[C@@H]1OC. The molecule has 2 aliphatic rings. The molecule has 1 N–H and O–H groups in total. The van der Waals surface area contributed by atoms with Crippen LogP contribution >= 0.6 is 0 Å². The Balaban J connectivity index is 2.25. The lowest BCUT2D eigenvalue weighted by molar-refractivity contribution is -0.0190. The van der Waals surface area contributed by atoms with Gasteiger partial charge in [0, 0.05) is 20.8 Å². The van der Waals surface area contributed by atoms with Crippen molar-refractivity contribution in [3.05, 3.63) is 11.1 Å². The Labute approximate surface area is 105 Å². The van der Waals surface area contributed by atoms with Crippen LogP contribution in [0.1, 0.15) is 38.5 Å². The second-order valence-electron chi connectivity index (χ2n) is 5.07. The summed E-state index contributed by atoms with van der Waals surface area (Å²) in [7, 11) is 3.60. The van der Waals surface area contributed by atoms with Crippen LogP contribution in [0.25, 0.3) is 0 Å². The van der Waals surface area contributed by atoms with Gasteiger partial charge in [-0.05, 0) is 44.2 Å². The molecular formula is C14H25NO2. The van der Waals surface area contributed by atoms with E-state index in [2.05, 4.69) is 5.32 Å². The van der Waals surface area contributed by atoms with Gasteiger partial charge in [-0.3, -0.25) is 0 Å².